The molecule has 12 heavy (non-hydrogen) atoms. The van der Waals surface area contributed by atoms with Gasteiger partial charge in [-0.25, -0.2) is 0 Å². The second kappa shape index (κ2) is 4.44. The second-order valence-electron chi connectivity index (χ2n) is 2.43. The summed E-state index contributed by atoms with van der Waals surface area (Å²) >= 11 is 0. The maximum Gasteiger partial charge on any atom is 0.155 e. The SMILES string of the molecule is CCC(=O)C=Cc1ccncc1. The zero-order valence-electron chi connectivity index (χ0n) is 7.03. The summed E-state index contributed by atoms with van der Waals surface area (Å²) in [5, 5.41) is 0. The molecule has 1 aromatic heterocycles. The van der Waals surface area contributed by atoms with Crippen molar-refractivity contribution in [1.82, 2.24) is 4.98 Å². The van der Waals surface area contributed by atoms with Crippen molar-refractivity contribution in [1.29, 1.82) is 0 Å². The number of allylic oxidation sites excluding steroid dienone is 1. The molecule has 0 unspecified atom stereocenters. The van der Waals surface area contributed by atoms with Crippen LogP contribution in [0.5, 0.6) is 0 Å². The van der Waals surface area contributed by atoms with Crippen LogP contribution in [-0.4, -0.2) is 10.8 Å². The fourth-order valence-electron chi connectivity index (χ4n) is 0.782. The summed E-state index contributed by atoms with van der Waals surface area (Å²) in [6.45, 7) is 1.85. The Bertz CT molecular complexity index is 277. The van der Waals surface area contributed by atoms with E-state index in [0.717, 1.165) is 5.56 Å². The fourth-order valence-corrected chi connectivity index (χ4v) is 0.782. The Labute approximate surface area is 71.9 Å². The topological polar surface area (TPSA) is 30.0 Å². The van der Waals surface area contributed by atoms with Crippen molar-refractivity contribution in [2.24, 2.45) is 0 Å². The van der Waals surface area contributed by atoms with Crippen LogP contribution in [0.2, 0.25) is 0 Å². The Morgan fingerprint density at radius 1 is 1.50 bits per heavy atom. The Morgan fingerprint density at radius 3 is 2.75 bits per heavy atom. The molecule has 2 nitrogen and oxygen atoms in total. The largest absolute Gasteiger partial charge is 0.295 e. The number of ketones is 1. The van der Waals surface area contributed by atoms with Crippen LogP contribution in [0.25, 0.3) is 6.08 Å². The normalized spacial score (nSPS) is 10.4. The summed E-state index contributed by atoms with van der Waals surface area (Å²) in [6.07, 6.45) is 7.36. The molecule has 0 aliphatic rings. The fraction of sp³-hybridized carbons (Fsp3) is 0.200. The van der Waals surface area contributed by atoms with Gasteiger partial charge in [0.2, 0.25) is 0 Å². The molecule has 0 fully saturated rings. The van der Waals surface area contributed by atoms with Crippen molar-refractivity contribution in [2.75, 3.05) is 0 Å². The van der Waals surface area contributed by atoms with Gasteiger partial charge in [-0.1, -0.05) is 13.0 Å². The van der Waals surface area contributed by atoms with Crippen molar-refractivity contribution < 1.29 is 4.79 Å². The molecule has 1 rings (SSSR count). The molecular weight excluding hydrogens is 150 g/mol. The van der Waals surface area contributed by atoms with E-state index in [4.69, 9.17) is 0 Å². The highest BCUT2D eigenvalue weighted by Gasteiger charge is 1.89. The molecule has 0 amide bonds. The summed E-state index contributed by atoms with van der Waals surface area (Å²) in [5.41, 5.74) is 1.01. The highest BCUT2D eigenvalue weighted by Crippen LogP contribution is 1.99. The maximum absolute atomic E-state index is 10.9. The van der Waals surface area contributed by atoms with Crippen molar-refractivity contribution >= 4 is 11.9 Å². The molecule has 0 atom stereocenters. The van der Waals surface area contributed by atoms with E-state index in [9.17, 15) is 4.79 Å². The van der Waals surface area contributed by atoms with Gasteiger partial charge in [0.05, 0.1) is 0 Å². The molecule has 0 aliphatic heterocycles. The Hall–Kier alpha value is -1.44. The summed E-state index contributed by atoms with van der Waals surface area (Å²) < 4.78 is 0. The lowest BCUT2D eigenvalue weighted by Crippen LogP contribution is -1.86. The number of pyridine rings is 1. The van der Waals surface area contributed by atoms with Gasteiger partial charge in [0.15, 0.2) is 5.78 Å². The van der Waals surface area contributed by atoms with Gasteiger partial charge in [-0.2, -0.15) is 0 Å². The first-order valence-corrected chi connectivity index (χ1v) is 3.94. The van der Waals surface area contributed by atoms with Crippen LogP contribution >= 0.6 is 0 Å². The van der Waals surface area contributed by atoms with Crippen molar-refractivity contribution in [2.45, 2.75) is 13.3 Å². The molecule has 0 N–H and O–H groups in total. The molecule has 0 saturated carbocycles. The highest BCUT2D eigenvalue weighted by molar-refractivity contribution is 5.93. The number of carbonyl (C=O) groups is 1. The average Bonchev–Trinajstić information content (AvgIpc) is 2.16. The summed E-state index contributed by atoms with van der Waals surface area (Å²) in [4.78, 5) is 14.8. The molecule has 1 heterocycles. The van der Waals surface area contributed by atoms with Gasteiger partial charge in [-0.3, -0.25) is 9.78 Å². The number of hydrogen-bond donors (Lipinski definition) is 0. The molecule has 1 aromatic rings. The van der Waals surface area contributed by atoms with E-state index >= 15 is 0 Å². The smallest absolute Gasteiger partial charge is 0.155 e. The third-order valence-corrected chi connectivity index (χ3v) is 1.52. The van der Waals surface area contributed by atoms with Crippen LogP contribution in [0.15, 0.2) is 30.6 Å². The Balaban J connectivity index is 2.64. The predicted molar refractivity (Wildman–Crippen MR) is 48.6 cm³/mol. The minimum absolute atomic E-state index is 0.145. The summed E-state index contributed by atoms with van der Waals surface area (Å²) in [5.74, 6) is 0.145. The molecule has 0 saturated heterocycles. The average molecular weight is 161 g/mol. The molecule has 2 heteroatoms. The van der Waals surface area contributed by atoms with Crippen LogP contribution in [0.4, 0.5) is 0 Å². The number of hydrogen-bond acceptors (Lipinski definition) is 2. The van der Waals surface area contributed by atoms with Crippen LogP contribution in [0.1, 0.15) is 18.9 Å². The van der Waals surface area contributed by atoms with Gasteiger partial charge in [-0.15, -0.1) is 0 Å². The van der Waals surface area contributed by atoms with E-state index in [1.54, 1.807) is 24.5 Å². The molecule has 0 spiro atoms. The lowest BCUT2D eigenvalue weighted by Gasteiger charge is -1.89. The zero-order valence-corrected chi connectivity index (χ0v) is 7.03. The molecule has 0 aromatic carbocycles. The molecule has 0 aliphatic carbocycles. The minimum Gasteiger partial charge on any atom is -0.295 e. The third kappa shape index (κ3) is 2.66. The van der Waals surface area contributed by atoms with E-state index in [2.05, 4.69) is 4.98 Å². The number of aromatic nitrogens is 1. The first-order chi connectivity index (χ1) is 5.83. The molecule has 0 radical (unpaired) electrons. The summed E-state index contributed by atoms with van der Waals surface area (Å²) in [6, 6.07) is 3.72. The molecular formula is C10H11NO. The maximum atomic E-state index is 10.9. The van der Waals surface area contributed by atoms with Gasteiger partial charge in [0.25, 0.3) is 0 Å². The predicted octanol–water partition coefficient (Wildman–Crippen LogP) is 2.07. The minimum atomic E-state index is 0.145. The van der Waals surface area contributed by atoms with E-state index in [-0.39, 0.29) is 5.78 Å². The van der Waals surface area contributed by atoms with Crippen molar-refractivity contribution in [3.05, 3.63) is 36.2 Å². The Kier molecular flexibility index (Phi) is 3.20. The number of nitrogens with zero attached hydrogens (tertiary/aromatic N) is 1. The van der Waals surface area contributed by atoms with Gasteiger partial charge in [0.1, 0.15) is 0 Å². The van der Waals surface area contributed by atoms with Crippen LogP contribution in [0.3, 0.4) is 0 Å². The van der Waals surface area contributed by atoms with Crippen LogP contribution in [0, 0.1) is 0 Å². The first-order valence-electron chi connectivity index (χ1n) is 3.94. The summed E-state index contributed by atoms with van der Waals surface area (Å²) in [7, 11) is 0. The van der Waals surface area contributed by atoms with E-state index < -0.39 is 0 Å². The number of carbonyl (C=O) groups excluding carboxylic acids is 1. The lowest BCUT2D eigenvalue weighted by molar-refractivity contribution is -0.114. The molecule has 62 valence electrons. The van der Waals surface area contributed by atoms with Gasteiger partial charge in [0, 0.05) is 18.8 Å². The van der Waals surface area contributed by atoms with Crippen LogP contribution < -0.4 is 0 Å². The molecule has 0 bridgehead atoms. The quantitative estimate of drug-likeness (QED) is 0.635. The zero-order chi connectivity index (χ0) is 8.81. The standard InChI is InChI=1S/C10H11NO/c1-2-10(12)4-3-9-5-7-11-8-6-9/h3-8H,2H2,1H3. The lowest BCUT2D eigenvalue weighted by atomic mass is 10.2. The van der Waals surface area contributed by atoms with E-state index in [1.807, 2.05) is 19.1 Å². The second-order valence-corrected chi connectivity index (χ2v) is 2.43. The number of rotatable bonds is 3. The third-order valence-electron chi connectivity index (χ3n) is 1.52. The van der Waals surface area contributed by atoms with Gasteiger partial charge in [-0.05, 0) is 23.8 Å². The van der Waals surface area contributed by atoms with Gasteiger partial charge < -0.3 is 0 Å². The van der Waals surface area contributed by atoms with Crippen molar-refractivity contribution in [3.63, 3.8) is 0 Å². The van der Waals surface area contributed by atoms with Gasteiger partial charge >= 0.3 is 0 Å². The first kappa shape index (κ1) is 8.65. The van der Waals surface area contributed by atoms with Crippen molar-refractivity contribution in [3.8, 4) is 0 Å². The Morgan fingerprint density at radius 2 is 2.17 bits per heavy atom. The van der Waals surface area contributed by atoms with E-state index in [1.165, 1.54) is 0 Å². The van der Waals surface area contributed by atoms with Crippen LogP contribution in [-0.2, 0) is 4.79 Å². The van der Waals surface area contributed by atoms with E-state index in [0.29, 0.717) is 6.42 Å². The monoisotopic (exact) mass is 161 g/mol. The highest BCUT2D eigenvalue weighted by atomic mass is 16.1.